The molecule has 0 aliphatic rings. The molecule has 0 aliphatic heterocycles. The Kier molecular flexibility index (Phi) is 39.5. The molecule has 10 nitrogen and oxygen atoms in total. The predicted octanol–water partition coefficient (Wildman–Crippen LogP) is -2.93. The number of nitrogens with zero attached hydrogens (tertiary/aromatic N) is 4. The van der Waals surface area contributed by atoms with E-state index in [4.69, 9.17) is 14.2 Å². The summed E-state index contributed by atoms with van der Waals surface area (Å²) < 4.78 is 18.4. The fourth-order valence-corrected chi connectivity index (χ4v) is 6.07. The number of quaternary nitrogens is 3. The minimum Gasteiger partial charge on any atom is -1.00 e. The summed E-state index contributed by atoms with van der Waals surface area (Å²) in [5.41, 5.74) is 0. The summed E-state index contributed by atoms with van der Waals surface area (Å²) in [6.45, 7) is 14.7. The summed E-state index contributed by atoms with van der Waals surface area (Å²) in [4.78, 5) is 40.0. The van der Waals surface area contributed by atoms with Gasteiger partial charge in [-0.15, -0.1) is 0 Å². The number of carbonyl (C=O) groups is 3. The van der Waals surface area contributed by atoms with Gasteiger partial charge in [0.25, 0.3) is 0 Å². The maximum Gasteiger partial charge on any atom is 0.361 e. The van der Waals surface area contributed by atoms with Crippen LogP contribution in [0, 0.1) is 0 Å². The third kappa shape index (κ3) is 36.7. The zero-order valence-electron chi connectivity index (χ0n) is 35.0. The van der Waals surface area contributed by atoms with Crippen molar-refractivity contribution in [1.29, 1.82) is 0 Å². The molecular weight excluding hydrogens is 860 g/mol. The lowest BCUT2D eigenvalue weighted by atomic mass is 10.2. The summed E-state index contributed by atoms with van der Waals surface area (Å²) in [6.07, 6.45) is 16.1. The van der Waals surface area contributed by atoms with Gasteiger partial charge in [0.15, 0.2) is 19.6 Å². The molecule has 13 heteroatoms. The predicted molar refractivity (Wildman–Crippen MR) is 201 cm³/mol. The van der Waals surface area contributed by atoms with E-state index in [0.29, 0.717) is 52.9 Å². The summed E-state index contributed by atoms with van der Waals surface area (Å²) in [7, 11) is 12.6. The number of hydrogen-bond donors (Lipinski definition) is 0. The van der Waals surface area contributed by atoms with Gasteiger partial charge in [-0.2, -0.15) is 0 Å². The molecule has 0 N–H and O–H groups in total. The van der Waals surface area contributed by atoms with Gasteiger partial charge in [0.1, 0.15) is 0 Å². The molecule has 0 unspecified atom stereocenters. The van der Waals surface area contributed by atoms with Crippen LogP contribution in [0.5, 0.6) is 0 Å². The summed E-state index contributed by atoms with van der Waals surface area (Å²) in [5.74, 6) is -0.341. The first-order chi connectivity index (χ1) is 23.1. The van der Waals surface area contributed by atoms with Crippen molar-refractivity contribution >= 4 is 17.9 Å². The van der Waals surface area contributed by atoms with Crippen molar-refractivity contribution < 1.29 is 93.0 Å². The van der Waals surface area contributed by atoms with Crippen LogP contribution in [-0.2, 0) is 28.6 Å². The van der Waals surface area contributed by atoms with Crippen molar-refractivity contribution in [3.63, 3.8) is 0 Å². The van der Waals surface area contributed by atoms with Crippen molar-refractivity contribution in [3.05, 3.63) is 0 Å². The van der Waals surface area contributed by atoms with E-state index in [1.54, 1.807) is 0 Å². The first-order valence-electron chi connectivity index (χ1n) is 19.8. The van der Waals surface area contributed by atoms with Gasteiger partial charge in [-0.25, -0.2) is 14.4 Å². The number of carbonyl (C=O) groups excluding carboxylic acids is 3. The maximum absolute atomic E-state index is 12.5. The molecule has 0 aromatic carbocycles. The van der Waals surface area contributed by atoms with Crippen LogP contribution in [0.15, 0.2) is 0 Å². The van der Waals surface area contributed by atoms with Gasteiger partial charge in [0.05, 0.1) is 81.7 Å². The van der Waals surface area contributed by atoms with E-state index in [1.165, 1.54) is 38.5 Å². The Morgan fingerprint density at radius 1 is 0.404 bits per heavy atom. The van der Waals surface area contributed by atoms with Gasteiger partial charge in [-0.05, 0) is 19.3 Å². The van der Waals surface area contributed by atoms with Crippen molar-refractivity contribution in [2.75, 3.05) is 121 Å². The van der Waals surface area contributed by atoms with Crippen LogP contribution in [-0.4, -0.2) is 157 Å². The Morgan fingerprint density at radius 3 is 0.885 bits per heavy atom. The molecule has 0 saturated heterocycles. The van der Waals surface area contributed by atoms with E-state index >= 15 is 0 Å². The quantitative estimate of drug-likeness (QED) is 0.0302. The van der Waals surface area contributed by atoms with Gasteiger partial charge >= 0.3 is 17.9 Å². The minimum atomic E-state index is -0.114. The van der Waals surface area contributed by atoms with E-state index < -0.39 is 0 Å². The summed E-state index contributed by atoms with van der Waals surface area (Å²) in [5, 5.41) is 0. The van der Waals surface area contributed by atoms with Gasteiger partial charge < -0.3 is 83.5 Å². The number of likely N-dealkylation sites (N-methyl/N-ethyl adjacent to an activating group) is 3. The van der Waals surface area contributed by atoms with Crippen molar-refractivity contribution in [2.24, 2.45) is 0 Å². The van der Waals surface area contributed by atoms with E-state index in [2.05, 4.69) is 68.0 Å². The van der Waals surface area contributed by atoms with Crippen LogP contribution in [0.3, 0.4) is 0 Å². The molecule has 314 valence electrons. The third-order valence-corrected chi connectivity index (χ3v) is 9.17. The Labute approximate surface area is 352 Å². The molecule has 0 spiro atoms. The fraction of sp³-hybridized carbons (Fsp3) is 0.923. The molecule has 0 radical (unpaired) electrons. The van der Waals surface area contributed by atoms with Gasteiger partial charge in [0.2, 0.25) is 0 Å². The molecule has 0 bridgehead atoms. The lowest BCUT2D eigenvalue weighted by molar-refractivity contribution is -0.883. The average molecular weight is 942 g/mol. The normalized spacial score (nSPS) is 11.7. The van der Waals surface area contributed by atoms with Gasteiger partial charge in [-0.1, -0.05) is 78.6 Å². The minimum absolute atomic E-state index is 0. The SMILES string of the molecule is CCCCCCOC(=O)C[N+](C)(C)CCCN(CCC[N+](C)(C)CC(=O)OCCCCCC)CCC[N+](C)(C)CC(=O)OCCCCCC.[Br-].[Br-].[Br-]. The number of halogens is 3. The van der Waals surface area contributed by atoms with E-state index in [9.17, 15) is 14.4 Å². The number of rotatable bonds is 33. The Bertz CT molecular complexity index is 772. The highest BCUT2D eigenvalue weighted by Crippen LogP contribution is 2.09. The second-order valence-corrected chi connectivity index (χ2v) is 16.2. The zero-order valence-corrected chi connectivity index (χ0v) is 39.7. The lowest BCUT2D eigenvalue weighted by Crippen LogP contribution is -3.00. The van der Waals surface area contributed by atoms with E-state index in [1.807, 2.05) is 0 Å². The third-order valence-electron chi connectivity index (χ3n) is 9.17. The van der Waals surface area contributed by atoms with Crippen molar-refractivity contribution in [1.82, 2.24) is 4.90 Å². The van der Waals surface area contributed by atoms with Crippen LogP contribution in [0.1, 0.15) is 117 Å². The Morgan fingerprint density at radius 2 is 0.654 bits per heavy atom. The summed E-state index contributed by atoms with van der Waals surface area (Å²) >= 11 is 0. The molecule has 0 heterocycles. The molecule has 0 aromatic rings. The number of unbranched alkanes of at least 4 members (excludes halogenated alkanes) is 9. The zero-order chi connectivity index (χ0) is 37.0. The molecule has 0 rings (SSSR count). The summed E-state index contributed by atoms with van der Waals surface area (Å²) in [6, 6.07) is 0. The monoisotopic (exact) mass is 938 g/mol. The van der Waals surface area contributed by atoms with E-state index in [0.717, 1.165) is 97.1 Å². The number of ether oxygens (including phenoxy) is 3. The highest BCUT2D eigenvalue weighted by atomic mass is 79.9. The molecule has 52 heavy (non-hydrogen) atoms. The van der Waals surface area contributed by atoms with Crippen LogP contribution in [0.25, 0.3) is 0 Å². The molecule has 0 aromatic heterocycles. The lowest BCUT2D eigenvalue weighted by Gasteiger charge is -2.32. The van der Waals surface area contributed by atoms with Crippen LogP contribution < -0.4 is 50.9 Å². The highest BCUT2D eigenvalue weighted by Gasteiger charge is 2.25. The van der Waals surface area contributed by atoms with Crippen LogP contribution in [0.4, 0.5) is 0 Å². The second kappa shape index (κ2) is 35.1. The van der Waals surface area contributed by atoms with Gasteiger partial charge in [0, 0.05) is 38.9 Å². The fourth-order valence-electron chi connectivity index (χ4n) is 6.07. The molecule has 0 atom stereocenters. The molecule has 0 amide bonds. The topological polar surface area (TPSA) is 82.1 Å². The second-order valence-electron chi connectivity index (χ2n) is 16.2. The molecule has 0 fully saturated rings. The average Bonchev–Trinajstić information content (AvgIpc) is 2.99. The van der Waals surface area contributed by atoms with Crippen molar-refractivity contribution in [2.45, 2.75) is 117 Å². The smallest absolute Gasteiger partial charge is 0.361 e. The van der Waals surface area contributed by atoms with Gasteiger partial charge in [-0.3, -0.25) is 0 Å². The van der Waals surface area contributed by atoms with E-state index in [-0.39, 0.29) is 68.9 Å². The van der Waals surface area contributed by atoms with Crippen molar-refractivity contribution in [3.8, 4) is 0 Å². The Balaban J connectivity index is -0.00000384. The number of hydrogen-bond acceptors (Lipinski definition) is 7. The molecule has 0 aliphatic carbocycles. The molecule has 0 saturated carbocycles. The Hall–Kier alpha value is -0.310. The van der Waals surface area contributed by atoms with Crippen LogP contribution in [0.2, 0.25) is 0 Å². The first-order valence-corrected chi connectivity index (χ1v) is 19.8. The largest absolute Gasteiger partial charge is 1.00 e. The highest BCUT2D eigenvalue weighted by molar-refractivity contribution is 5.71. The standard InChI is InChI=1S/C39H81N4O6.3BrH/c1-10-13-16-19-31-47-37(44)34-41(4,5)28-22-25-40(26-23-29-42(6,7)35-38(45)48-32-20-17-14-11-2)27-24-30-43(8,9)36-39(46)49-33-21-18-15-12-3;;;/h10-36H2,1-9H3;3*1H/q+3;;;/p-3. The molecular formula is C39H81Br3N4O6. The number of esters is 3. The maximum atomic E-state index is 12.5. The van der Waals surface area contributed by atoms with Crippen LogP contribution >= 0.6 is 0 Å². The first kappa shape index (κ1) is 58.4.